The Balaban J connectivity index is 0.000000302. The van der Waals surface area contributed by atoms with Crippen LogP contribution < -0.4 is 71.5 Å². The Kier molecular flexibility index (Phi) is 48.6. The number of rotatable bonds is 28. The smallest absolute Gasteiger partial charge is 0.240 e. The predicted octanol–water partition coefficient (Wildman–Crippen LogP) is 13.1. The van der Waals surface area contributed by atoms with Crippen molar-refractivity contribution < 1.29 is 42.3 Å². The molecule has 0 atom stereocenters. The molecule has 0 radical (unpaired) electrons. The van der Waals surface area contributed by atoms with Crippen LogP contribution in [0.3, 0.4) is 0 Å². The third-order valence-electron chi connectivity index (χ3n) is 21.1. The van der Waals surface area contributed by atoms with Crippen LogP contribution in [0.5, 0.6) is 0 Å². The van der Waals surface area contributed by atoms with Gasteiger partial charge in [-0.1, -0.05) is 143 Å². The van der Waals surface area contributed by atoms with Crippen molar-refractivity contribution in [2.75, 3.05) is 129 Å². The highest BCUT2D eigenvalue weighted by Crippen LogP contribution is 2.24. The van der Waals surface area contributed by atoms with E-state index in [1.54, 1.807) is 149 Å². The quantitative estimate of drug-likeness (QED) is 0.0240. The zero-order chi connectivity index (χ0) is 91.3. The molecule has 3 fully saturated rings. The summed E-state index contributed by atoms with van der Waals surface area (Å²) in [5.41, 5.74) is 9.50. The highest BCUT2D eigenvalue weighted by Gasteiger charge is 2.22. The third kappa shape index (κ3) is 41.4. The Morgan fingerprint density at radius 2 is 0.528 bits per heavy atom. The number of hydrogen-bond donors (Lipinski definition) is 7. The molecule has 676 valence electrons. The molecule has 4 heterocycles. The van der Waals surface area contributed by atoms with E-state index in [1.807, 2.05) is 139 Å². The van der Waals surface area contributed by atoms with Gasteiger partial charge in [-0.25, -0.2) is 28.7 Å². The van der Waals surface area contributed by atoms with Gasteiger partial charge >= 0.3 is 0 Å². The second-order valence-electron chi connectivity index (χ2n) is 33.0. The molecule has 0 bridgehead atoms. The molecule has 3 aromatic carbocycles. The maximum Gasteiger partial charge on any atom is 0.240 e. The number of benzene rings is 3. The van der Waals surface area contributed by atoms with Crippen molar-refractivity contribution in [3.63, 3.8) is 0 Å². The monoisotopic (exact) mass is 1700 g/mol. The van der Waals surface area contributed by atoms with Crippen LogP contribution in [0.15, 0.2) is 122 Å². The van der Waals surface area contributed by atoms with Gasteiger partial charge in [0.25, 0.3) is 0 Å². The van der Waals surface area contributed by atoms with E-state index < -0.39 is 0 Å². The zero-order valence-corrected chi connectivity index (χ0v) is 77.6. The lowest BCUT2D eigenvalue weighted by Crippen LogP contribution is -2.41. The number of nitrogens with one attached hydrogen (secondary N) is 7. The second kappa shape index (κ2) is 56.7. The van der Waals surface area contributed by atoms with E-state index >= 15 is 0 Å². The van der Waals surface area contributed by atoms with Gasteiger partial charge in [-0.3, -0.25) is 43.5 Å². The number of likely N-dealkylation sites (N-methyl/N-ethyl adjacent to an activating group) is 7. The maximum absolute atomic E-state index is 13.5. The lowest BCUT2D eigenvalue weighted by molar-refractivity contribution is -0.118. The number of halogens is 2. The lowest BCUT2D eigenvalue weighted by atomic mass is 9.95. The summed E-state index contributed by atoms with van der Waals surface area (Å²) < 4.78 is 26.9. The number of carbonyl (C=O) groups is 7. The van der Waals surface area contributed by atoms with Crippen LogP contribution in [0.2, 0.25) is 0 Å². The van der Waals surface area contributed by atoms with Crippen LogP contribution in [0.25, 0.3) is 0 Å². The van der Waals surface area contributed by atoms with Gasteiger partial charge in [0.15, 0.2) is 0 Å². The molecule has 3 aliphatic carbocycles. The van der Waals surface area contributed by atoms with Gasteiger partial charge in [-0.2, -0.15) is 0 Å². The molecule has 4 aromatic heterocycles. The fourth-order valence-corrected chi connectivity index (χ4v) is 12.4. The number of pyridine rings is 2. The Bertz CT molecular complexity index is 4010. The first-order valence-corrected chi connectivity index (χ1v) is 43.3. The number of carbonyl (C=O) groups excluding carboxylic acids is 7. The van der Waals surface area contributed by atoms with E-state index in [0.717, 1.165) is 47.0 Å². The van der Waals surface area contributed by atoms with Crippen molar-refractivity contribution in [3.8, 4) is 0 Å². The first kappa shape index (κ1) is 105. The summed E-state index contributed by atoms with van der Waals surface area (Å²) >= 11 is 0. The molecule has 7 aromatic rings. The van der Waals surface area contributed by atoms with Gasteiger partial charge in [0.2, 0.25) is 41.4 Å². The molecule has 123 heavy (non-hydrogen) atoms. The Morgan fingerprint density at radius 1 is 0.301 bits per heavy atom. The number of anilines is 7. The van der Waals surface area contributed by atoms with Gasteiger partial charge in [0, 0.05) is 120 Å². The van der Waals surface area contributed by atoms with E-state index in [9.17, 15) is 42.3 Å². The Labute approximate surface area is 732 Å². The number of nitrogens with zero attached hydrogens (tertiary/aromatic N) is 13. The lowest BCUT2D eigenvalue weighted by Gasteiger charge is -2.24. The average molecular weight is 1700 g/mol. The van der Waals surface area contributed by atoms with E-state index in [-0.39, 0.29) is 65.6 Å². The zero-order valence-electron chi connectivity index (χ0n) is 77.6. The molecule has 3 aliphatic rings. The summed E-state index contributed by atoms with van der Waals surface area (Å²) in [5, 5.41) is 22.4. The standard InChI is InChI=1S/C16H23FN2O.C15H23N3O.C14H22N4O.C13H19FN2O.C13H20N2O.C12H19N3O.C11H18N4O/c1-12-8-9-14(10-15(12)17)19(2)16(20)11-18-13-6-4-3-5-7-13;1-12-8-9-14(10-16-12)18(2)15(19)11-17-13-6-4-3-5-7-13;1-11-15-8-13(9-16-11)18(2)14(19)10-17-12-6-4-3-5-7-12;1-9(2)15-8-13(17)16(4)11-6-5-10(3)12(14)7-11;1-10(2)14-9-13(16)15(4)12-7-5-11(3)6-8-12;1-9(2)13-8-12(16)15(4)11-6-5-10(3)14-7-11;1-8(2)12-7-11(16)15(4)10-5-13-9(3)14-6-10/h8-10,13,18H,3-7,11H2,1-2H3;8-10,13,17H,3-7,11H2,1-2H3;8-9,12,17H,3-7,10H2,1-2H3;5-7,9,15H,8H2,1-4H3;5-8,10,14H,9H2,1-4H3;5-7,9,13H,8H2,1-4H3;5-6,8,12H,7H2,1-4H3. The molecule has 0 aliphatic heterocycles. The highest BCUT2D eigenvalue weighted by molar-refractivity contribution is 5.97. The Morgan fingerprint density at radius 3 is 0.780 bits per heavy atom. The minimum atomic E-state index is -0.293. The van der Waals surface area contributed by atoms with Gasteiger partial charge in [0.05, 0.1) is 106 Å². The molecule has 0 spiro atoms. The summed E-state index contributed by atoms with van der Waals surface area (Å²) in [6.45, 7) is 31.4. The molecular formula is C94H144F2N20O7. The van der Waals surface area contributed by atoms with E-state index in [2.05, 4.69) is 67.1 Å². The fraction of sp³-hybridized carbons (Fsp3) is 0.543. The second-order valence-corrected chi connectivity index (χ2v) is 33.0. The molecular weight excluding hydrogens is 1560 g/mol. The largest absolute Gasteiger partial charge is 0.314 e. The normalized spacial score (nSPS) is 13.3. The summed E-state index contributed by atoms with van der Waals surface area (Å²) in [6.07, 6.45) is 28.7. The number of hydrogen-bond acceptors (Lipinski definition) is 20. The molecule has 0 unspecified atom stereocenters. The Hall–Kier alpha value is -10.0. The van der Waals surface area contributed by atoms with E-state index in [1.165, 1.54) is 111 Å². The number of aromatic nitrogens is 6. The van der Waals surface area contributed by atoms with Crippen LogP contribution in [0.4, 0.5) is 48.6 Å². The number of aryl methyl sites for hydroxylation is 7. The summed E-state index contributed by atoms with van der Waals surface area (Å²) in [7, 11) is 12.2. The van der Waals surface area contributed by atoms with Gasteiger partial charge in [-0.15, -0.1) is 0 Å². The van der Waals surface area contributed by atoms with Gasteiger partial charge in [0.1, 0.15) is 23.3 Å². The molecule has 0 saturated heterocycles. The van der Waals surface area contributed by atoms with Crippen LogP contribution in [0, 0.1) is 60.1 Å². The van der Waals surface area contributed by atoms with Gasteiger partial charge in [-0.05, 0) is 159 Å². The van der Waals surface area contributed by atoms with E-state index in [4.69, 9.17) is 0 Å². The first-order chi connectivity index (χ1) is 58.3. The molecule has 10 rings (SSSR count). The average Bonchev–Trinajstić information content (AvgIpc) is 0.875. The van der Waals surface area contributed by atoms with Crippen molar-refractivity contribution in [1.82, 2.24) is 67.1 Å². The van der Waals surface area contributed by atoms with Crippen molar-refractivity contribution in [3.05, 3.63) is 173 Å². The number of amides is 7. The third-order valence-corrected chi connectivity index (χ3v) is 21.1. The van der Waals surface area contributed by atoms with Crippen molar-refractivity contribution in [2.24, 2.45) is 0 Å². The van der Waals surface area contributed by atoms with Crippen molar-refractivity contribution in [1.29, 1.82) is 0 Å². The fourth-order valence-electron chi connectivity index (χ4n) is 12.4. The SMILES string of the molecule is Cc1ccc(N(C)C(=O)CNC(C)C)cc1.Cc1ccc(N(C)C(=O)CNC(C)C)cc1F.Cc1ccc(N(C)C(=O)CNC(C)C)cn1.Cc1ccc(N(C)C(=O)CNC2CCCCC2)cc1F.Cc1ccc(N(C)C(=O)CNC2CCCCC2)cn1.Cc1ncc(N(C)C(=O)CNC(C)C)cn1.Cc1ncc(N(C)C(=O)CNC2CCCCC2)cn1. The summed E-state index contributed by atoms with van der Waals surface area (Å²) in [6, 6.07) is 27.9. The highest BCUT2D eigenvalue weighted by atomic mass is 19.1. The van der Waals surface area contributed by atoms with Crippen LogP contribution >= 0.6 is 0 Å². The molecule has 7 amide bonds. The van der Waals surface area contributed by atoms with Crippen LogP contribution in [0.1, 0.15) is 191 Å². The van der Waals surface area contributed by atoms with Crippen molar-refractivity contribution >= 4 is 81.2 Å². The summed E-state index contributed by atoms with van der Waals surface area (Å²) in [5.74, 6) is 1.00. The predicted molar refractivity (Wildman–Crippen MR) is 496 cm³/mol. The maximum atomic E-state index is 13.5. The van der Waals surface area contributed by atoms with Crippen LogP contribution in [-0.4, -0.2) is 209 Å². The minimum Gasteiger partial charge on any atom is -0.314 e. The summed E-state index contributed by atoms with van der Waals surface area (Å²) in [4.78, 5) is 119. The molecule has 3 saturated carbocycles. The molecule has 7 N–H and O–H groups in total. The van der Waals surface area contributed by atoms with Crippen molar-refractivity contribution in [2.45, 2.75) is 242 Å². The first-order valence-electron chi connectivity index (χ1n) is 43.3. The molecule has 29 heteroatoms. The van der Waals surface area contributed by atoms with Crippen LogP contribution in [-0.2, 0) is 33.6 Å². The van der Waals surface area contributed by atoms with Gasteiger partial charge < -0.3 is 71.5 Å². The topological polar surface area (TPSA) is 304 Å². The van der Waals surface area contributed by atoms with E-state index in [0.29, 0.717) is 115 Å². The minimum absolute atomic E-state index is 0.00107. The molecule has 27 nitrogen and oxygen atoms in total.